The first kappa shape index (κ1) is 31.2. The molecule has 0 amide bonds. The Morgan fingerprint density at radius 2 is 1.51 bits per heavy atom. The van der Waals surface area contributed by atoms with Crippen molar-refractivity contribution in [2.75, 3.05) is 37.8 Å². The maximum absolute atomic E-state index is 11.2. The molecule has 0 atom stereocenters. The van der Waals surface area contributed by atoms with Crippen LogP contribution in [0.4, 0.5) is 27.2 Å². The molecule has 0 aliphatic heterocycles. The standard InChI is InChI=1S/C30H30N6O5S2/c1-4-27(37)40-18-7-17-39-24-14-10-22(11-15-24)32-34-26-20-25-29(43-26)31-30(42-25)35-33-21-8-12-23(13-9-21)36(6-3)16-19-41-28(38)5-2/h4-5,8-15,20H,1-2,6-7,16-19H2,3H3. The highest BCUT2D eigenvalue weighted by Crippen LogP contribution is 2.39. The van der Waals surface area contributed by atoms with Gasteiger partial charge < -0.3 is 19.1 Å². The smallest absolute Gasteiger partial charge is 0.330 e. The number of fused-ring (bicyclic) bond motifs is 1. The Kier molecular flexibility index (Phi) is 11.6. The number of carbonyl (C=O) groups is 2. The summed E-state index contributed by atoms with van der Waals surface area (Å²) < 4.78 is 16.6. The van der Waals surface area contributed by atoms with E-state index >= 15 is 0 Å². The Morgan fingerprint density at radius 1 is 0.860 bits per heavy atom. The Balaban J connectivity index is 1.26. The fraction of sp³-hybridized carbons (Fsp3) is 0.233. The highest BCUT2D eigenvalue weighted by atomic mass is 32.1. The van der Waals surface area contributed by atoms with Crippen molar-refractivity contribution in [2.45, 2.75) is 13.3 Å². The lowest BCUT2D eigenvalue weighted by Crippen LogP contribution is -2.27. The molecule has 0 aliphatic rings. The van der Waals surface area contributed by atoms with E-state index in [2.05, 4.69) is 43.5 Å². The quantitative estimate of drug-likeness (QED) is 0.0535. The number of likely N-dealkylation sites (N-methyl/N-ethyl adjacent to an activating group) is 1. The molecule has 0 saturated carbocycles. The molecule has 4 rings (SSSR count). The third-order valence-electron chi connectivity index (χ3n) is 5.75. The van der Waals surface area contributed by atoms with Crippen molar-refractivity contribution in [3.63, 3.8) is 0 Å². The molecule has 0 radical (unpaired) electrons. The van der Waals surface area contributed by atoms with Gasteiger partial charge in [0.1, 0.15) is 22.2 Å². The number of nitrogens with zero attached hydrogens (tertiary/aromatic N) is 6. The molecular formula is C30H30N6O5S2. The van der Waals surface area contributed by atoms with Crippen LogP contribution in [-0.4, -0.2) is 49.8 Å². The minimum Gasteiger partial charge on any atom is -0.493 e. The number of benzene rings is 2. The summed E-state index contributed by atoms with van der Waals surface area (Å²) in [6.45, 7) is 11.1. The lowest BCUT2D eigenvalue weighted by Gasteiger charge is -2.22. The van der Waals surface area contributed by atoms with E-state index in [9.17, 15) is 9.59 Å². The lowest BCUT2D eigenvalue weighted by molar-refractivity contribution is -0.138. The van der Waals surface area contributed by atoms with E-state index in [4.69, 9.17) is 14.2 Å². The number of aromatic nitrogens is 1. The molecule has 0 unspecified atom stereocenters. The van der Waals surface area contributed by atoms with E-state index in [0.717, 1.165) is 38.9 Å². The summed E-state index contributed by atoms with van der Waals surface area (Å²) in [5, 5.41) is 18.6. The first-order chi connectivity index (χ1) is 21.0. The Bertz CT molecular complexity index is 1560. The molecule has 0 aliphatic carbocycles. The molecule has 43 heavy (non-hydrogen) atoms. The maximum atomic E-state index is 11.2. The number of thiophene rings is 1. The minimum atomic E-state index is -0.441. The summed E-state index contributed by atoms with van der Waals surface area (Å²) in [4.78, 5) is 29.7. The summed E-state index contributed by atoms with van der Waals surface area (Å²) in [5.41, 5.74) is 2.39. The number of hydrogen-bond donors (Lipinski definition) is 0. The molecule has 4 aromatic rings. The number of carbonyl (C=O) groups excluding carboxylic acids is 2. The van der Waals surface area contributed by atoms with Gasteiger partial charge in [-0.25, -0.2) is 14.6 Å². The van der Waals surface area contributed by atoms with Gasteiger partial charge in [0.15, 0.2) is 0 Å². The molecule has 0 bridgehead atoms. The summed E-state index contributed by atoms with van der Waals surface area (Å²) in [7, 11) is 0. The van der Waals surface area contributed by atoms with E-state index in [1.807, 2.05) is 61.5 Å². The molecule has 0 spiro atoms. The van der Waals surface area contributed by atoms with Gasteiger partial charge in [-0.1, -0.05) is 35.8 Å². The average molecular weight is 619 g/mol. The minimum absolute atomic E-state index is 0.279. The SMILES string of the molecule is C=CC(=O)OCCCOc1ccc(N=Nc2cc3sc(N=Nc4ccc(N(CC)CCOC(=O)C=C)cc4)nc3s2)cc1. The number of thiazole rings is 1. The second-order valence-electron chi connectivity index (χ2n) is 8.69. The summed E-state index contributed by atoms with van der Waals surface area (Å²) in [6, 6.07) is 16.9. The zero-order valence-electron chi connectivity index (χ0n) is 23.5. The molecule has 0 N–H and O–H groups in total. The fourth-order valence-electron chi connectivity index (χ4n) is 3.62. The van der Waals surface area contributed by atoms with Gasteiger partial charge in [0, 0.05) is 30.8 Å². The van der Waals surface area contributed by atoms with E-state index in [-0.39, 0.29) is 13.2 Å². The lowest BCUT2D eigenvalue weighted by atomic mass is 10.2. The maximum Gasteiger partial charge on any atom is 0.330 e. The topological polar surface area (TPSA) is 127 Å². The summed E-state index contributed by atoms with van der Waals surface area (Å²) in [5.74, 6) is -0.175. The first-order valence-electron chi connectivity index (χ1n) is 13.4. The fourth-order valence-corrected chi connectivity index (χ4v) is 5.47. The number of rotatable bonds is 16. The molecule has 2 heterocycles. The molecule has 13 heteroatoms. The number of esters is 2. The van der Waals surface area contributed by atoms with Crippen LogP contribution in [0.5, 0.6) is 5.75 Å². The van der Waals surface area contributed by atoms with Crippen molar-refractivity contribution >= 4 is 71.3 Å². The van der Waals surface area contributed by atoms with E-state index < -0.39 is 11.9 Å². The van der Waals surface area contributed by atoms with Crippen molar-refractivity contribution in [3.05, 3.63) is 79.9 Å². The molecule has 2 aromatic heterocycles. The molecule has 0 fully saturated rings. The Hall–Kier alpha value is -4.75. The molecule has 11 nitrogen and oxygen atoms in total. The van der Waals surface area contributed by atoms with Crippen LogP contribution in [0.15, 0.2) is 100 Å². The predicted octanol–water partition coefficient (Wildman–Crippen LogP) is 8.24. The average Bonchev–Trinajstić information content (AvgIpc) is 3.60. The zero-order chi connectivity index (χ0) is 30.4. The van der Waals surface area contributed by atoms with Crippen molar-refractivity contribution < 1.29 is 23.8 Å². The van der Waals surface area contributed by atoms with Crippen molar-refractivity contribution in [1.29, 1.82) is 0 Å². The summed E-state index contributed by atoms with van der Waals surface area (Å²) >= 11 is 2.86. The van der Waals surface area contributed by atoms with Crippen LogP contribution in [-0.2, 0) is 19.1 Å². The van der Waals surface area contributed by atoms with Crippen LogP contribution >= 0.6 is 22.7 Å². The number of hydrogen-bond acceptors (Lipinski definition) is 13. The van der Waals surface area contributed by atoms with E-state index in [0.29, 0.717) is 41.8 Å². The van der Waals surface area contributed by atoms with Crippen LogP contribution in [0.3, 0.4) is 0 Å². The van der Waals surface area contributed by atoms with E-state index in [1.54, 1.807) is 0 Å². The van der Waals surface area contributed by atoms with Crippen molar-refractivity contribution in [1.82, 2.24) is 4.98 Å². The van der Waals surface area contributed by atoms with Gasteiger partial charge in [0.2, 0.25) is 5.13 Å². The highest BCUT2D eigenvalue weighted by Gasteiger charge is 2.09. The van der Waals surface area contributed by atoms with Gasteiger partial charge in [0.05, 0.1) is 35.8 Å². The third kappa shape index (κ3) is 9.65. The largest absolute Gasteiger partial charge is 0.493 e. The van der Waals surface area contributed by atoms with Gasteiger partial charge in [-0.2, -0.15) is 0 Å². The normalized spacial score (nSPS) is 11.2. The number of anilines is 1. The van der Waals surface area contributed by atoms with Gasteiger partial charge in [0.25, 0.3) is 0 Å². The van der Waals surface area contributed by atoms with Gasteiger partial charge in [-0.05, 0) is 61.5 Å². The van der Waals surface area contributed by atoms with Crippen molar-refractivity contribution in [3.8, 4) is 5.75 Å². The van der Waals surface area contributed by atoms with Crippen LogP contribution in [0, 0.1) is 0 Å². The van der Waals surface area contributed by atoms with Crippen LogP contribution in [0.2, 0.25) is 0 Å². The zero-order valence-corrected chi connectivity index (χ0v) is 25.2. The molecule has 2 aromatic carbocycles. The van der Waals surface area contributed by atoms with Gasteiger partial charge in [-0.3, -0.25) is 0 Å². The van der Waals surface area contributed by atoms with Gasteiger partial charge >= 0.3 is 11.9 Å². The molecule has 0 saturated heterocycles. The summed E-state index contributed by atoms with van der Waals surface area (Å²) in [6.07, 6.45) is 2.87. The van der Waals surface area contributed by atoms with Crippen LogP contribution in [0.25, 0.3) is 9.53 Å². The van der Waals surface area contributed by atoms with Crippen LogP contribution in [0.1, 0.15) is 13.3 Å². The third-order valence-corrected chi connectivity index (χ3v) is 7.68. The predicted molar refractivity (Wildman–Crippen MR) is 169 cm³/mol. The second-order valence-corrected chi connectivity index (χ2v) is 10.7. The van der Waals surface area contributed by atoms with E-state index in [1.165, 1.54) is 22.7 Å². The monoisotopic (exact) mass is 618 g/mol. The molecule has 222 valence electrons. The first-order valence-corrected chi connectivity index (χ1v) is 15.0. The highest BCUT2D eigenvalue weighted by molar-refractivity contribution is 7.30. The Morgan fingerprint density at radius 3 is 2.16 bits per heavy atom. The van der Waals surface area contributed by atoms with Crippen LogP contribution < -0.4 is 9.64 Å². The second kappa shape index (κ2) is 16.0. The van der Waals surface area contributed by atoms with Crippen molar-refractivity contribution in [2.24, 2.45) is 20.5 Å². The number of azo groups is 2. The van der Waals surface area contributed by atoms with Gasteiger partial charge in [-0.15, -0.1) is 20.5 Å². The molecular weight excluding hydrogens is 589 g/mol. The Labute approximate surface area is 256 Å². The number of ether oxygens (including phenoxy) is 3.